The van der Waals surface area contributed by atoms with E-state index in [0.29, 0.717) is 17.9 Å². The van der Waals surface area contributed by atoms with Gasteiger partial charge in [-0.15, -0.1) is 0 Å². The van der Waals surface area contributed by atoms with Crippen LogP contribution in [-0.2, 0) is 0 Å². The predicted octanol–water partition coefficient (Wildman–Crippen LogP) is 6.63. The zero-order valence-corrected chi connectivity index (χ0v) is 19.8. The molecule has 0 saturated heterocycles. The third-order valence-corrected chi connectivity index (χ3v) is 5.94. The second-order valence-corrected chi connectivity index (χ2v) is 8.62. The van der Waals surface area contributed by atoms with E-state index >= 15 is 0 Å². The van der Waals surface area contributed by atoms with E-state index in [0.717, 1.165) is 38.3 Å². The summed E-state index contributed by atoms with van der Waals surface area (Å²) in [5.41, 5.74) is 5.03. The summed E-state index contributed by atoms with van der Waals surface area (Å²) in [5.74, 6) is 1.51. The number of hydrogen-bond acceptors (Lipinski definition) is 4. The minimum Gasteiger partial charge on any atom is -0.494 e. The molecule has 0 unspecified atom stereocenters. The normalized spacial score (nSPS) is 13.8. The fourth-order valence-electron chi connectivity index (χ4n) is 3.88. The van der Waals surface area contributed by atoms with Gasteiger partial charge in [-0.05, 0) is 74.0 Å². The Morgan fingerprint density at radius 2 is 1.88 bits per heavy atom. The molecule has 0 aliphatic carbocycles. The summed E-state index contributed by atoms with van der Waals surface area (Å²) in [5, 5.41) is 4.87. The monoisotopic (exact) mass is 500 g/mol. The lowest BCUT2D eigenvalue weighted by molar-refractivity contribution is 0.101. The van der Waals surface area contributed by atoms with Crippen LogP contribution < -0.4 is 9.47 Å². The van der Waals surface area contributed by atoms with Crippen LogP contribution >= 0.6 is 15.9 Å². The molecule has 6 heteroatoms. The molecule has 3 aromatic carbocycles. The van der Waals surface area contributed by atoms with E-state index < -0.39 is 0 Å². The highest BCUT2D eigenvalue weighted by molar-refractivity contribution is 9.10. The first-order chi connectivity index (χ1) is 16.0. The van der Waals surface area contributed by atoms with Crippen molar-refractivity contribution in [2.24, 2.45) is 0 Å². The van der Waals surface area contributed by atoms with E-state index in [4.69, 9.17) is 14.6 Å². The zero-order chi connectivity index (χ0) is 22.9. The van der Waals surface area contributed by atoms with Gasteiger partial charge in [-0.3, -0.25) is 4.79 Å². The molecule has 0 N–H and O–H groups in total. The minimum absolute atomic E-state index is 0.145. The van der Waals surface area contributed by atoms with Gasteiger partial charge >= 0.3 is 0 Å². The number of Topliss-reactive ketones (excluding diaryl/α,β-unsaturated/α-hetero) is 1. The van der Waals surface area contributed by atoms with Crippen LogP contribution in [-0.4, -0.2) is 22.2 Å². The summed E-state index contributed by atoms with van der Waals surface area (Å²) in [7, 11) is 0. The highest BCUT2D eigenvalue weighted by atomic mass is 79.9. The van der Waals surface area contributed by atoms with Crippen molar-refractivity contribution in [2.75, 3.05) is 6.61 Å². The van der Waals surface area contributed by atoms with Crippen LogP contribution in [0.2, 0.25) is 0 Å². The lowest BCUT2D eigenvalue weighted by Crippen LogP contribution is -1.98. The molecular weight excluding hydrogens is 480 g/mol. The molecule has 0 spiro atoms. The van der Waals surface area contributed by atoms with Crippen molar-refractivity contribution in [2.45, 2.75) is 13.8 Å². The maximum absolute atomic E-state index is 13.0. The number of aryl methyl sites for hydroxylation is 1. The van der Waals surface area contributed by atoms with Gasteiger partial charge in [-0.2, -0.15) is 5.10 Å². The highest BCUT2D eigenvalue weighted by Crippen LogP contribution is 2.36. The van der Waals surface area contributed by atoms with Crippen molar-refractivity contribution in [3.8, 4) is 28.4 Å². The van der Waals surface area contributed by atoms with E-state index in [1.807, 2.05) is 79.3 Å². The molecule has 164 valence electrons. The number of aromatic nitrogens is 2. The number of ketones is 1. The number of fused-ring (bicyclic) bond motifs is 1. The Kier molecular flexibility index (Phi) is 5.60. The molecule has 0 bridgehead atoms. The fraction of sp³-hybridized carbons (Fsp3) is 0.111. The molecular formula is C27H21BrN2O3. The van der Waals surface area contributed by atoms with Gasteiger partial charge in [0.1, 0.15) is 17.2 Å². The van der Waals surface area contributed by atoms with Gasteiger partial charge in [0.15, 0.2) is 5.76 Å². The lowest BCUT2D eigenvalue weighted by atomic mass is 10.0. The third kappa shape index (κ3) is 4.10. The van der Waals surface area contributed by atoms with Crippen LogP contribution in [0.1, 0.15) is 28.4 Å². The molecule has 2 heterocycles. The topological polar surface area (TPSA) is 53.4 Å². The van der Waals surface area contributed by atoms with Crippen molar-refractivity contribution in [3.05, 3.63) is 99.8 Å². The van der Waals surface area contributed by atoms with E-state index in [2.05, 4.69) is 15.9 Å². The molecule has 0 saturated carbocycles. The maximum Gasteiger partial charge on any atom is 0.232 e. The van der Waals surface area contributed by atoms with Crippen molar-refractivity contribution in [3.63, 3.8) is 0 Å². The zero-order valence-electron chi connectivity index (χ0n) is 18.2. The Bertz CT molecular complexity index is 1390. The van der Waals surface area contributed by atoms with E-state index in [9.17, 15) is 4.79 Å². The second-order valence-electron chi connectivity index (χ2n) is 7.70. The fourth-order valence-corrected chi connectivity index (χ4v) is 4.24. The summed E-state index contributed by atoms with van der Waals surface area (Å²) < 4.78 is 14.2. The number of hydrogen-bond donors (Lipinski definition) is 0. The van der Waals surface area contributed by atoms with Gasteiger partial charge in [-0.25, -0.2) is 4.68 Å². The average molecular weight is 501 g/mol. The van der Waals surface area contributed by atoms with Crippen molar-refractivity contribution < 1.29 is 14.3 Å². The van der Waals surface area contributed by atoms with Crippen molar-refractivity contribution >= 4 is 27.8 Å². The van der Waals surface area contributed by atoms with Gasteiger partial charge in [0.2, 0.25) is 5.78 Å². The molecule has 1 aliphatic rings. The lowest BCUT2D eigenvalue weighted by Gasteiger charge is -2.08. The molecule has 33 heavy (non-hydrogen) atoms. The summed E-state index contributed by atoms with van der Waals surface area (Å²) in [6, 6.07) is 21.3. The number of carbonyl (C=O) groups excluding carboxylic acids is 1. The maximum atomic E-state index is 13.0. The summed E-state index contributed by atoms with van der Waals surface area (Å²) in [4.78, 5) is 13.0. The Hall–Kier alpha value is -3.64. The molecule has 5 rings (SSSR count). The Balaban J connectivity index is 1.62. The smallest absolute Gasteiger partial charge is 0.232 e. The molecule has 0 radical (unpaired) electrons. The first-order valence-electron chi connectivity index (χ1n) is 10.7. The summed E-state index contributed by atoms with van der Waals surface area (Å²) >= 11 is 3.42. The first kappa shape index (κ1) is 21.2. The van der Waals surface area contributed by atoms with Crippen LogP contribution in [0.15, 0.2) is 83.2 Å². The number of rotatable bonds is 5. The van der Waals surface area contributed by atoms with E-state index in [1.165, 1.54) is 0 Å². The molecule has 4 aromatic rings. The number of para-hydroxylation sites is 1. The number of nitrogens with zero attached hydrogens (tertiary/aromatic N) is 2. The molecule has 1 aliphatic heterocycles. The van der Waals surface area contributed by atoms with Gasteiger partial charge < -0.3 is 9.47 Å². The quantitative estimate of drug-likeness (QED) is 0.288. The highest BCUT2D eigenvalue weighted by Gasteiger charge is 2.28. The third-order valence-electron chi connectivity index (χ3n) is 5.44. The van der Waals surface area contributed by atoms with Crippen molar-refractivity contribution in [1.29, 1.82) is 0 Å². The number of halogens is 1. The van der Waals surface area contributed by atoms with Crippen molar-refractivity contribution in [1.82, 2.24) is 9.78 Å². The number of benzene rings is 3. The number of ether oxygens (including phenoxy) is 2. The Morgan fingerprint density at radius 1 is 1.06 bits per heavy atom. The number of allylic oxidation sites excluding steroid dienone is 1. The Morgan fingerprint density at radius 3 is 2.64 bits per heavy atom. The van der Waals surface area contributed by atoms with Crippen LogP contribution in [0.4, 0.5) is 0 Å². The van der Waals surface area contributed by atoms with Gasteiger partial charge in [0, 0.05) is 21.8 Å². The summed E-state index contributed by atoms with van der Waals surface area (Å²) in [6.45, 7) is 4.60. The minimum atomic E-state index is -0.145. The molecule has 1 aromatic heterocycles. The molecule has 0 fully saturated rings. The van der Waals surface area contributed by atoms with Crippen LogP contribution in [0, 0.1) is 6.92 Å². The standard InChI is InChI=1S/C27H21BrN2O3/c1-3-32-21-10-11-22(17(2)13-21)26-18(16-30(29-26)20-7-5-4-6-8-20)14-25-27(31)23-15-19(28)9-12-24(23)33-25/h4-16H,3H2,1-2H3/b25-14-. The predicted molar refractivity (Wildman–Crippen MR) is 132 cm³/mol. The van der Waals surface area contributed by atoms with Gasteiger partial charge in [-0.1, -0.05) is 34.1 Å². The Labute approximate surface area is 200 Å². The van der Waals surface area contributed by atoms with Gasteiger partial charge in [0.05, 0.1) is 17.9 Å². The number of carbonyl (C=O) groups is 1. The van der Waals surface area contributed by atoms with E-state index in [1.54, 1.807) is 18.2 Å². The molecule has 0 amide bonds. The average Bonchev–Trinajstić information content (AvgIpc) is 3.36. The van der Waals surface area contributed by atoms with Gasteiger partial charge in [0.25, 0.3) is 0 Å². The largest absolute Gasteiger partial charge is 0.494 e. The van der Waals surface area contributed by atoms with Crippen LogP contribution in [0.3, 0.4) is 0 Å². The van der Waals surface area contributed by atoms with Crippen LogP contribution in [0.25, 0.3) is 23.0 Å². The molecule has 0 atom stereocenters. The summed E-state index contributed by atoms with van der Waals surface area (Å²) in [6.07, 6.45) is 3.69. The second kappa shape index (κ2) is 8.71. The first-order valence-corrected chi connectivity index (χ1v) is 11.5. The van der Waals surface area contributed by atoms with E-state index in [-0.39, 0.29) is 11.5 Å². The molecule has 5 nitrogen and oxygen atoms in total. The van der Waals surface area contributed by atoms with Crippen LogP contribution in [0.5, 0.6) is 11.5 Å². The SMILES string of the molecule is CCOc1ccc(-c2nn(-c3ccccc3)cc2/C=C2\Oc3ccc(Br)cc3C2=O)c(C)c1.